The van der Waals surface area contributed by atoms with Gasteiger partial charge >= 0.3 is 0 Å². The van der Waals surface area contributed by atoms with Crippen LogP contribution in [0, 0.1) is 5.92 Å². The number of nitrogens with one attached hydrogen (secondary N) is 1. The summed E-state index contributed by atoms with van der Waals surface area (Å²) in [5.74, 6) is 1.20. The van der Waals surface area contributed by atoms with Gasteiger partial charge in [0, 0.05) is 25.1 Å². The van der Waals surface area contributed by atoms with Crippen molar-refractivity contribution in [3.8, 4) is 0 Å². The lowest BCUT2D eigenvalue weighted by atomic mass is 9.89. The van der Waals surface area contributed by atoms with Crippen LogP contribution in [0.25, 0.3) is 0 Å². The highest BCUT2D eigenvalue weighted by atomic mass is 35.5. The van der Waals surface area contributed by atoms with E-state index >= 15 is 0 Å². The zero-order valence-corrected chi connectivity index (χ0v) is 13.0. The van der Waals surface area contributed by atoms with Gasteiger partial charge in [0.2, 0.25) is 5.95 Å². The fourth-order valence-electron chi connectivity index (χ4n) is 2.82. The summed E-state index contributed by atoms with van der Waals surface area (Å²) in [5.41, 5.74) is 6.83. The van der Waals surface area contributed by atoms with Crippen LogP contribution in [0.1, 0.15) is 24.5 Å². The minimum Gasteiger partial charge on any atom is -0.373 e. The Kier molecular flexibility index (Phi) is 4.75. The van der Waals surface area contributed by atoms with Crippen LogP contribution in [-0.4, -0.2) is 23.1 Å². The molecule has 3 rings (SSSR count). The average molecular weight is 319 g/mol. The van der Waals surface area contributed by atoms with Gasteiger partial charge in [0.25, 0.3) is 0 Å². The minimum atomic E-state index is 0.108. The summed E-state index contributed by atoms with van der Waals surface area (Å²) in [4.78, 5) is 8.01. The van der Waals surface area contributed by atoms with Gasteiger partial charge < -0.3 is 15.8 Å². The molecule has 1 fully saturated rings. The maximum Gasteiger partial charge on any atom is 0.223 e. The molecule has 0 bridgehead atoms. The SMILES string of the molecule is Nc1nc(Cl)cc(NCC2CCCOC2c2ccccc2)n1. The first-order valence-electron chi connectivity index (χ1n) is 7.43. The van der Waals surface area contributed by atoms with Crippen LogP contribution in [0.3, 0.4) is 0 Å². The number of nitrogen functional groups attached to an aromatic ring is 1. The van der Waals surface area contributed by atoms with Crippen molar-refractivity contribution in [2.45, 2.75) is 18.9 Å². The molecule has 1 aliphatic heterocycles. The number of anilines is 2. The molecule has 0 radical (unpaired) electrons. The predicted octanol–water partition coefficient (Wildman–Crippen LogP) is 3.29. The molecular weight excluding hydrogens is 300 g/mol. The Labute approximate surface area is 134 Å². The average Bonchev–Trinajstić information content (AvgIpc) is 2.53. The second-order valence-electron chi connectivity index (χ2n) is 5.42. The third-order valence-electron chi connectivity index (χ3n) is 3.83. The van der Waals surface area contributed by atoms with Gasteiger partial charge in [-0.3, -0.25) is 0 Å². The molecule has 1 aromatic carbocycles. The molecule has 22 heavy (non-hydrogen) atoms. The van der Waals surface area contributed by atoms with E-state index in [9.17, 15) is 0 Å². The van der Waals surface area contributed by atoms with Crippen LogP contribution in [0.5, 0.6) is 0 Å². The van der Waals surface area contributed by atoms with Crippen LogP contribution in [0.2, 0.25) is 5.15 Å². The normalized spacial score (nSPS) is 21.5. The second kappa shape index (κ2) is 6.94. The third-order valence-corrected chi connectivity index (χ3v) is 4.02. The first-order chi connectivity index (χ1) is 10.7. The Bertz CT molecular complexity index is 603. The first kappa shape index (κ1) is 15.1. The number of aromatic nitrogens is 2. The summed E-state index contributed by atoms with van der Waals surface area (Å²) >= 11 is 5.90. The number of nitrogens with zero attached hydrogens (tertiary/aromatic N) is 2. The van der Waals surface area contributed by atoms with Gasteiger partial charge in [-0.25, -0.2) is 4.98 Å². The van der Waals surface area contributed by atoms with E-state index in [1.54, 1.807) is 6.07 Å². The van der Waals surface area contributed by atoms with E-state index in [1.807, 2.05) is 18.2 Å². The summed E-state index contributed by atoms with van der Waals surface area (Å²) in [6.07, 6.45) is 2.29. The van der Waals surface area contributed by atoms with Crippen molar-refractivity contribution in [1.29, 1.82) is 0 Å². The lowest BCUT2D eigenvalue weighted by molar-refractivity contribution is -0.0238. The molecule has 2 unspecified atom stereocenters. The highest BCUT2D eigenvalue weighted by Gasteiger charge is 2.27. The summed E-state index contributed by atoms with van der Waals surface area (Å²) < 4.78 is 5.99. The van der Waals surface area contributed by atoms with Gasteiger partial charge in [-0.05, 0) is 18.4 Å². The summed E-state index contributed by atoms with van der Waals surface area (Å²) in [7, 11) is 0. The largest absolute Gasteiger partial charge is 0.373 e. The smallest absolute Gasteiger partial charge is 0.223 e. The summed E-state index contributed by atoms with van der Waals surface area (Å²) in [5, 5.41) is 3.64. The Morgan fingerprint density at radius 1 is 1.27 bits per heavy atom. The van der Waals surface area contributed by atoms with Crippen LogP contribution >= 0.6 is 11.6 Å². The number of rotatable bonds is 4. The zero-order valence-electron chi connectivity index (χ0n) is 12.2. The Morgan fingerprint density at radius 3 is 2.86 bits per heavy atom. The number of hydrogen-bond donors (Lipinski definition) is 2. The van der Waals surface area contributed by atoms with E-state index in [1.165, 1.54) is 5.56 Å². The molecular formula is C16H19ClN4O. The zero-order chi connectivity index (χ0) is 15.4. The van der Waals surface area contributed by atoms with Crippen molar-refractivity contribution < 1.29 is 4.74 Å². The third kappa shape index (κ3) is 3.67. The Hall–Kier alpha value is -1.85. The van der Waals surface area contributed by atoms with Gasteiger partial charge in [-0.2, -0.15) is 4.98 Å². The van der Waals surface area contributed by atoms with Gasteiger partial charge in [0.1, 0.15) is 11.0 Å². The molecule has 3 N–H and O–H groups in total. The maximum absolute atomic E-state index is 5.99. The topological polar surface area (TPSA) is 73.1 Å². The Balaban J connectivity index is 1.69. The lowest BCUT2D eigenvalue weighted by Gasteiger charge is -2.32. The highest BCUT2D eigenvalue weighted by Crippen LogP contribution is 2.33. The van der Waals surface area contributed by atoms with Gasteiger partial charge in [-0.1, -0.05) is 41.9 Å². The van der Waals surface area contributed by atoms with Crippen molar-refractivity contribution in [3.63, 3.8) is 0 Å². The van der Waals surface area contributed by atoms with Crippen molar-refractivity contribution >= 4 is 23.4 Å². The molecule has 0 saturated carbocycles. The molecule has 2 heterocycles. The number of benzene rings is 1. The van der Waals surface area contributed by atoms with Crippen LogP contribution < -0.4 is 11.1 Å². The number of nitrogens with two attached hydrogens (primary N) is 1. The molecule has 2 aromatic rings. The summed E-state index contributed by atoms with van der Waals surface area (Å²) in [6.45, 7) is 1.56. The minimum absolute atomic E-state index is 0.108. The fraction of sp³-hybridized carbons (Fsp3) is 0.375. The number of ether oxygens (including phenoxy) is 1. The van der Waals surface area contributed by atoms with E-state index in [4.69, 9.17) is 22.1 Å². The summed E-state index contributed by atoms with van der Waals surface area (Å²) in [6, 6.07) is 12.0. The van der Waals surface area contributed by atoms with Gasteiger partial charge in [0.15, 0.2) is 0 Å². The van der Waals surface area contributed by atoms with E-state index < -0.39 is 0 Å². The van der Waals surface area contributed by atoms with Crippen LogP contribution in [0.4, 0.5) is 11.8 Å². The monoisotopic (exact) mass is 318 g/mol. The lowest BCUT2D eigenvalue weighted by Crippen LogP contribution is -2.28. The molecule has 0 spiro atoms. The molecule has 6 heteroatoms. The number of hydrogen-bond acceptors (Lipinski definition) is 5. The van der Waals surface area contributed by atoms with Gasteiger partial charge in [0.05, 0.1) is 6.10 Å². The quantitative estimate of drug-likeness (QED) is 0.846. The predicted molar refractivity (Wildman–Crippen MR) is 87.8 cm³/mol. The van der Waals surface area contributed by atoms with E-state index in [2.05, 4.69) is 27.4 Å². The first-order valence-corrected chi connectivity index (χ1v) is 7.80. The van der Waals surface area contributed by atoms with Crippen LogP contribution in [-0.2, 0) is 4.74 Å². The van der Waals surface area contributed by atoms with Crippen molar-refractivity contribution in [1.82, 2.24) is 9.97 Å². The molecule has 1 aliphatic rings. The molecule has 1 aromatic heterocycles. The maximum atomic E-state index is 5.99. The fourth-order valence-corrected chi connectivity index (χ4v) is 3.01. The van der Waals surface area contributed by atoms with Crippen molar-refractivity contribution in [2.24, 2.45) is 5.92 Å². The molecule has 5 nitrogen and oxygen atoms in total. The molecule has 0 aliphatic carbocycles. The van der Waals surface area contributed by atoms with E-state index in [0.29, 0.717) is 16.9 Å². The standard InChI is InChI=1S/C16H19ClN4O/c17-13-9-14(21-16(18)20-13)19-10-12-7-4-8-22-15(12)11-5-2-1-3-6-11/h1-3,5-6,9,12,15H,4,7-8,10H2,(H3,18,19,20,21). The highest BCUT2D eigenvalue weighted by molar-refractivity contribution is 6.29. The van der Waals surface area contributed by atoms with Crippen molar-refractivity contribution in [2.75, 3.05) is 24.2 Å². The molecule has 0 amide bonds. The van der Waals surface area contributed by atoms with Crippen molar-refractivity contribution in [3.05, 3.63) is 47.1 Å². The van der Waals surface area contributed by atoms with E-state index in [0.717, 1.165) is 26.0 Å². The van der Waals surface area contributed by atoms with E-state index in [-0.39, 0.29) is 12.1 Å². The molecule has 1 saturated heterocycles. The molecule has 2 atom stereocenters. The Morgan fingerprint density at radius 2 is 2.09 bits per heavy atom. The number of halogens is 1. The molecule has 116 valence electrons. The van der Waals surface area contributed by atoms with Gasteiger partial charge in [-0.15, -0.1) is 0 Å². The second-order valence-corrected chi connectivity index (χ2v) is 5.81. The van der Waals surface area contributed by atoms with Crippen LogP contribution in [0.15, 0.2) is 36.4 Å².